The number of piperazine rings is 1. The number of carbonyl (C=O) groups is 1. The van der Waals surface area contributed by atoms with E-state index < -0.39 is 0 Å². The summed E-state index contributed by atoms with van der Waals surface area (Å²) in [6.45, 7) is 9.00. The van der Waals surface area contributed by atoms with Crippen LogP contribution in [-0.2, 0) is 0 Å². The van der Waals surface area contributed by atoms with Crippen LogP contribution < -0.4 is 10.2 Å². The number of hydrogen-bond donors (Lipinski definition) is 1. The molecule has 1 amide bonds. The predicted molar refractivity (Wildman–Crippen MR) is 95.5 cm³/mol. The van der Waals surface area contributed by atoms with Gasteiger partial charge < -0.3 is 15.1 Å². The van der Waals surface area contributed by atoms with Crippen molar-refractivity contribution in [3.05, 3.63) is 47.8 Å². The number of nitrogens with one attached hydrogen (secondary N) is 1. The van der Waals surface area contributed by atoms with Gasteiger partial charge in [-0.3, -0.25) is 4.79 Å². The largest absolute Gasteiger partial charge is 0.338 e. The van der Waals surface area contributed by atoms with Crippen LogP contribution in [0.1, 0.15) is 23.0 Å². The maximum atomic E-state index is 12.4. The highest BCUT2D eigenvalue weighted by Gasteiger charge is 2.19. The average Bonchev–Trinajstić information content (AvgIpc) is 2.62. The van der Waals surface area contributed by atoms with Crippen LogP contribution in [0.15, 0.2) is 36.5 Å². The standard InChI is InChI=1S/C18H23N5O/c1-3-22-9-11-23(12-10-22)18-19-8-7-16(21-18)17(24)20-15-6-4-5-14(2)13-15/h4-8,13H,3,9-12H2,1-2H3,(H,20,24). The quantitative estimate of drug-likeness (QED) is 0.933. The number of anilines is 2. The number of nitrogens with zero attached hydrogens (tertiary/aromatic N) is 4. The van der Waals surface area contributed by atoms with Crippen LogP contribution in [0, 0.1) is 6.92 Å². The fourth-order valence-corrected chi connectivity index (χ4v) is 2.81. The van der Waals surface area contributed by atoms with Crippen molar-refractivity contribution in [2.75, 3.05) is 42.9 Å². The van der Waals surface area contributed by atoms with Crippen molar-refractivity contribution < 1.29 is 4.79 Å². The van der Waals surface area contributed by atoms with Crippen LogP contribution in [0.4, 0.5) is 11.6 Å². The van der Waals surface area contributed by atoms with E-state index in [1.54, 1.807) is 12.3 Å². The Morgan fingerprint density at radius 1 is 1.21 bits per heavy atom. The van der Waals surface area contributed by atoms with Crippen molar-refractivity contribution in [1.82, 2.24) is 14.9 Å². The van der Waals surface area contributed by atoms with E-state index in [2.05, 4.69) is 32.0 Å². The first-order chi connectivity index (χ1) is 11.7. The molecule has 1 aliphatic rings. The Labute approximate surface area is 142 Å². The Hall–Kier alpha value is -2.47. The van der Waals surface area contributed by atoms with Gasteiger partial charge in [0.25, 0.3) is 5.91 Å². The number of carbonyl (C=O) groups excluding carboxylic acids is 1. The van der Waals surface area contributed by atoms with E-state index in [1.165, 1.54) is 0 Å². The van der Waals surface area contributed by atoms with Gasteiger partial charge in [0.05, 0.1) is 0 Å². The maximum absolute atomic E-state index is 12.4. The molecule has 0 unspecified atom stereocenters. The highest BCUT2D eigenvalue weighted by atomic mass is 16.1. The summed E-state index contributed by atoms with van der Waals surface area (Å²) in [6, 6.07) is 9.37. The van der Waals surface area contributed by atoms with Gasteiger partial charge in [-0.1, -0.05) is 19.1 Å². The summed E-state index contributed by atoms with van der Waals surface area (Å²) in [4.78, 5) is 25.7. The minimum atomic E-state index is -0.212. The molecule has 0 saturated carbocycles. The summed E-state index contributed by atoms with van der Waals surface area (Å²) in [6.07, 6.45) is 1.65. The van der Waals surface area contributed by atoms with Crippen molar-refractivity contribution in [1.29, 1.82) is 0 Å². The van der Waals surface area contributed by atoms with Gasteiger partial charge in [-0.05, 0) is 37.2 Å². The van der Waals surface area contributed by atoms with Crippen molar-refractivity contribution in [3.8, 4) is 0 Å². The average molecular weight is 325 g/mol. The van der Waals surface area contributed by atoms with E-state index in [9.17, 15) is 4.79 Å². The molecule has 1 aliphatic heterocycles. The third kappa shape index (κ3) is 3.89. The molecule has 24 heavy (non-hydrogen) atoms. The maximum Gasteiger partial charge on any atom is 0.274 e. The topological polar surface area (TPSA) is 61.4 Å². The molecule has 6 nitrogen and oxygen atoms in total. The third-order valence-corrected chi connectivity index (χ3v) is 4.25. The molecule has 1 saturated heterocycles. The number of hydrogen-bond acceptors (Lipinski definition) is 5. The van der Waals surface area contributed by atoms with Gasteiger partial charge in [0.2, 0.25) is 5.95 Å². The monoisotopic (exact) mass is 325 g/mol. The summed E-state index contributed by atoms with van der Waals surface area (Å²) in [5.41, 5.74) is 2.26. The van der Waals surface area contributed by atoms with Crippen molar-refractivity contribution in [2.24, 2.45) is 0 Å². The number of likely N-dealkylation sites (N-methyl/N-ethyl adjacent to an activating group) is 1. The van der Waals surface area contributed by atoms with Crippen LogP contribution in [0.3, 0.4) is 0 Å². The summed E-state index contributed by atoms with van der Waals surface area (Å²) < 4.78 is 0. The molecular formula is C18H23N5O. The molecule has 3 rings (SSSR count). The smallest absolute Gasteiger partial charge is 0.274 e. The molecule has 6 heteroatoms. The van der Waals surface area contributed by atoms with Gasteiger partial charge in [0, 0.05) is 38.1 Å². The number of benzene rings is 1. The van der Waals surface area contributed by atoms with Crippen LogP contribution in [0.2, 0.25) is 0 Å². The Balaban J connectivity index is 1.69. The van der Waals surface area contributed by atoms with Gasteiger partial charge in [-0.25, -0.2) is 9.97 Å². The number of aromatic nitrogens is 2. The Morgan fingerprint density at radius 2 is 2.00 bits per heavy atom. The first-order valence-electron chi connectivity index (χ1n) is 8.34. The summed E-state index contributed by atoms with van der Waals surface area (Å²) in [7, 11) is 0. The zero-order valence-corrected chi connectivity index (χ0v) is 14.2. The normalized spacial score (nSPS) is 15.3. The van der Waals surface area contributed by atoms with Crippen molar-refractivity contribution in [3.63, 3.8) is 0 Å². The molecule has 2 heterocycles. The Kier molecular flexibility index (Phi) is 5.05. The molecule has 1 aromatic carbocycles. The highest BCUT2D eigenvalue weighted by molar-refractivity contribution is 6.03. The molecule has 1 N–H and O–H groups in total. The molecule has 1 fully saturated rings. The van der Waals surface area contributed by atoms with E-state index in [4.69, 9.17) is 0 Å². The van der Waals surface area contributed by atoms with Gasteiger partial charge >= 0.3 is 0 Å². The van der Waals surface area contributed by atoms with E-state index in [-0.39, 0.29) is 5.91 Å². The molecule has 2 aromatic rings. The minimum Gasteiger partial charge on any atom is -0.338 e. The Morgan fingerprint density at radius 3 is 2.71 bits per heavy atom. The lowest BCUT2D eigenvalue weighted by atomic mass is 10.2. The second-order valence-electron chi connectivity index (χ2n) is 5.99. The summed E-state index contributed by atoms with van der Waals surface area (Å²) >= 11 is 0. The number of aryl methyl sites for hydroxylation is 1. The first kappa shape index (κ1) is 16.4. The fourth-order valence-electron chi connectivity index (χ4n) is 2.81. The Bertz CT molecular complexity index is 710. The first-order valence-corrected chi connectivity index (χ1v) is 8.34. The van der Waals surface area contributed by atoms with Crippen LogP contribution in [0.25, 0.3) is 0 Å². The number of rotatable bonds is 4. The van der Waals surface area contributed by atoms with Crippen LogP contribution in [-0.4, -0.2) is 53.5 Å². The van der Waals surface area contributed by atoms with Crippen LogP contribution >= 0.6 is 0 Å². The molecule has 0 bridgehead atoms. The van der Waals surface area contributed by atoms with E-state index in [0.29, 0.717) is 11.6 Å². The van der Waals surface area contributed by atoms with E-state index in [1.807, 2.05) is 31.2 Å². The van der Waals surface area contributed by atoms with E-state index in [0.717, 1.165) is 44.0 Å². The minimum absolute atomic E-state index is 0.212. The van der Waals surface area contributed by atoms with Gasteiger partial charge in [-0.15, -0.1) is 0 Å². The van der Waals surface area contributed by atoms with Crippen LogP contribution in [0.5, 0.6) is 0 Å². The second kappa shape index (κ2) is 7.40. The lowest BCUT2D eigenvalue weighted by Gasteiger charge is -2.34. The highest BCUT2D eigenvalue weighted by Crippen LogP contribution is 2.14. The van der Waals surface area contributed by atoms with Crippen molar-refractivity contribution >= 4 is 17.5 Å². The summed E-state index contributed by atoms with van der Waals surface area (Å²) in [5.74, 6) is 0.416. The van der Waals surface area contributed by atoms with Crippen molar-refractivity contribution in [2.45, 2.75) is 13.8 Å². The fraction of sp³-hybridized carbons (Fsp3) is 0.389. The zero-order chi connectivity index (χ0) is 16.9. The van der Waals surface area contributed by atoms with Gasteiger partial charge in [0.1, 0.15) is 5.69 Å². The molecular weight excluding hydrogens is 302 g/mol. The molecule has 0 aliphatic carbocycles. The zero-order valence-electron chi connectivity index (χ0n) is 14.2. The molecule has 0 spiro atoms. The molecule has 126 valence electrons. The molecule has 0 radical (unpaired) electrons. The lowest BCUT2D eigenvalue weighted by Crippen LogP contribution is -2.46. The predicted octanol–water partition coefficient (Wildman–Crippen LogP) is 2.18. The third-order valence-electron chi connectivity index (χ3n) is 4.25. The summed E-state index contributed by atoms with van der Waals surface area (Å²) in [5, 5.41) is 2.89. The second-order valence-corrected chi connectivity index (χ2v) is 5.99. The van der Waals surface area contributed by atoms with E-state index >= 15 is 0 Å². The lowest BCUT2D eigenvalue weighted by molar-refractivity contribution is 0.102. The number of amides is 1. The molecule has 0 atom stereocenters. The SMILES string of the molecule is CCN1CCN(c2nccc(C(=O)Nc3cccc(C)c3)n2)CC1. The van der Waals surface area contributed by atoms with Gasteiger partial charge in [-0.2, -0.15) is 0 Å². The molecule has 1 aromatic heterocycles. The van der Waals surface area contributed by atoms with Gasteiger partial charge in [0.15, 0.2) is 0 Å².